The highest BCUT2D eigenvalue weighted by Crippen LogP contribution is 2.20. The van der Waals surface area contributed by atoms with Crippen LogP contribution in [-0.4, -0.2) is 35.7 Å². The van der Waals surface area contributed by atoms with Crippen LogP contribution in [0, 0.1) is 0 Å². The number of nitrogens with two attached hydrogens (primary N) is 1. The number of carbonyl (C=O) groups is 1. The molecule has 1 heterocycles. The fraction of sp³-hybridized carbons (Fsp3) is 0.444. The zero-order chi connectivity index (χ0) is 15.4. The fourth-order valence-corrected chi connectivity index (χ4v) is 3.94. The maximum Gasteiger partial charge on any atom is 0.306 e. The summed E-state index contributed by atoms with van der Waals surface area (Å²) in [7, 11) is -6.25. The van der Waals surface area contributed by atoms with Crippen LogP contribution >= 0.6 is 11.3 Å². The zero-order valence-corrected chi connectivity index (χ0v) is 13.0. The van der Waals surface area contributed by atoms with E-state index in [9.17, 15) is 21.6 Å². The lowest BCUT2D eigenvalue weighted by atomic mass is 10.5. The minimum atomic E-state index is -3.78. The average molecular weight is 342 g/mol. The van der Waals surface area contributed by atoms with Crippen molar-refractivity contribution in [2.75, 3.05) is 12.9 Å². The van der Waals surface area contributed by atoms with Gasteiger partial charge in [0, 0.05) is 11.4 Å². The monoisotopic (exact) mass is 342 g/mol. The maximum absolute atomic E-state index is 11.6. The van der Waals surface area contributed by atoms with Crippen molar-refractivity contribution >= 4 is 37.4 Å². The van der Waals surface area contributed by atoms with Gasteiger partial charge in [-0.1, -0.05) is 0 Å². The second-order valence-electron chi connectivity index (χ2n) is 3.73. The van der Waals surface area contributed by atoms with Crippen LogP contribution in [0.2, 0.25) is 0 Å². The second-order valence-corrected chi connectivity index (χ2v) is 8.61. The summed E-state index contributed by atoms with van der Waals surface area (Å²) in [6, 6.07) is 2.77. The van der Waals surface area contributed by atoms with Gasteiger partial charge < -0.3 is 4.74 Å². The van der Waals surface area contributed by atoms with Crippen LogP contribution in [0.1, 0.15) is 11.3 Å². The molecule has 0 radical (unpaired) electrons. The molecule has 1 rings (SSSR count). The van der Waals surface area contributed by atoms with Gasteiger partial charge in [-0.05, 0) is 12.1 Å². The van der Waals surface area contributed by atoms with Crippen molar-refractivity contribution in [2.45, 2.75) is 17.2 Å². The Morgan fingerprint density at radius 3 is 2.50 bits per heavy atom. The van der Waals surface area contributed by atoms with Gasteiger partial charge in [-0.15, -0.1) is 11.3 Å². The normalized spacial score (nSPS) is 12.3. The highest BCUT2D eigenvalue weighted by Gasteiger charge is 2.15. The quantitative estimate of drug-likeness (QED) is 0.634. The lowest BCUT2D eigenvalue weighted by molar-refractivity contribution is -0.140. The molecule has 0 aliphatic carbocycles. The number of ether oxygens (including phenoxy) is 1. The predicted molar refractivity (Wildman–Crippen MR) is 73.0 cm³/mol. The predicted octanol–water partition coefficient (Wildman–Crippen LogP) is -0.622. The molecular weight excluding hydrogens is 328 g/mol. The summed E-state index contributed by atoms with van der Waals surface area (Å²) in [4.78, 5) is 11.3. The standard InChI is InChI=1S/C9H14N2O6S3/c1-17-8(12)4-5-19(13,14)11-6-7-2-3-9(18-7)20(10,15)16/h2-3,11H,4-6H2,1H3,(H2,10,15,16). The number of carbonyl (C=O) groups excluding carboxylic acids is 1. The summed E-state index contributed by atoms with van der Waals surface area (Å²) < 4.78 is 51.8. The maximum atomic E-state index is 11.6. The van der Waals surface area contributed by atoms with Crippen LogP contribution in [0.3, 0.4) is 0 Å². The van der Waals surface area contributed by atoms with Crippen LogP contribution in [0.5, 0.6) is 0 Å². The molecule has 11 heteroatoms. The van der Waals surface area contributed by atoms with E-state index < -0.39 is 31.8 Å². The third-order valence-corrected chi connectivity index (χ3v) is 6.04. The minimum Gasteiger partial charge on any atom is -0.469 e. The molecule has 0 unspecified atom stereocenters. The highest BCUT2D eigenvalue weighted by molar-refractivity contribution is 7.91. The van der Waals surface area contributed by atoms with Crippen molar-refractivity contribution in [3.05, 3.63) is 17.0 Å². The van der Waals surface area contributed by atoms with E-state index in [2.05, 4.69) is 9.46 Å². The van der Waals surface area contributed by atoms with E-state index in [4.69, 9.17) is 5.14 Å². The van der Waals surface area contributed by atoms with Crippen molar-refractivity contribution in [1.82, 2.24) is 4.72 Å². The van der Waals surface area contributed by atoms with E-state index in [1.807, 2.05) is 0 Å². The Labute approximate surface area is 121 Å². The second kappa shape index (κ2) is 6.63. The topological polar surface area (TPSA) is 133 Å². The number of primary sulfonamides is 1. The SMILES string of the molecule is COC(=O)CCS(=O)(=O)NCc1ccc(S(N)(=O)=O)s1. The first kappa shape index (κ1) is 17.0. The third kappa shape index (κ3) is 5.54. The smallest absolute Gasteiger partial charge is 0.306 e. The molecule has 1 aromatic rings. The van der Waals surface area contributed by atoms with Gasteiger partial charge in [0.2, 0.25) is 20.0 Å². The number of rotatable bonds is 7. The van der Waals surface area contributed by atoms with Crippen molar-refractivity contribution < 1.29 is 26.4 Å². The number of nitrogens with one attached hydrogen (secondary N) is 1. The highest BCUT2D eigenvalue weighted by atomic mass is 32.2. The Balaban J connectivity index is 2.58. The molecule has 0 amide bonds. The number of methoxy groups -OCH3 is 1. The number of thiophene rings is 1. The van der Waals surface area contributed by atoms with Gasteiger partial charge in [-0.25, -0.2) is 26.7 Å². The molecule has 8 nitrogen and oxygen atoms in total. The summed E-state index contributed by atoms with van der Waals surface area (Å²) in [5, 5.41) is 4.94. The molecule has 114 valence electrons. The first-order valence-electron chi connectivity index (χ1n) is 5.30. The molecule has 0 fully saturated rings. The van der Waals surface area contributed by atoms with Gasteiger partial charge in [0.05, 0.1) is 19.3 Å². The molecule has 0 aliphatic rings. The summed E-state index contributed by atoms with van der Waals surface area (Å²) in [6.07, 6.45) is -0.251. The van der Waals surface area contributed by atoms with Crippen LogP contribution in [0.4, 0.5) is 0 Å². The summed E-state index contributed by atoms with van der Waals surface area (Å²) >= 11 is 0.878. The van der Waals surface area contributed by atoms with Gasteiger partial charge >= 0.3 is 5.97 Å². The molecule has 0 aliphatic heterocycles. The van der Waals surface area contributed by atoms with Crippen LogP contribution in [0.25, 0.3) is 0 Å². The summed E-state index contributed by atoms with van der Waals surface area (Å²) in [5.41, 5.74) is 0. The van der Waals surface area contributed by atoms with Crippen molar-refractivity contribution in [3.63, 3.8) is 0 Å². The largest absolute Gasteiger partial charge is 0.469 e. The van der Waals surface area contributed by atoms with E-state index in [1.165, 1.54) is 19.2 Å². The molecule has 20 heavy (non-hydrogen) atoms. The van der Waals surface area contributed by atoms with E-state index >= 15 is 0 Å². The molecule has 1 aromatic heterocycles. The van der Waals surface area contributed by atoms with Crippen LogP contribution in [-0.2, 0) is 36.1 Å². The fourth-order valence-electron chi connectivity index (χ4n) is 1.18. The number of esters is 1. The Morgan fingerprint density at radius 2 is 2.00 bits per heavy atom. The Morgan fingerprint density at radius 1 is 1.35 bits per heavy atom. The first-order valence-corrected chi connectivity index (χ1v) is 9.31. The first-order chi connectivity index (χ1) is 9.14. The average Bonchev–Trinajstić information content (AvgIpc) is 2.82. The van der Waals surface area contributed by atoms with Gasteiger partial charge in [-0.2, -0.15) is 0 Å². The number of hydrogen-bond donors (Lipinski definition) is 2. The van der Waals surface area contributed by atoms with Crippen LogP contribution in [0.15, 0.2) is 16.3 Å². The van der Waals surface area contributed by atoms with Crippen molar-refractivity contribution in [3.8, 4) is 0 Å². The molecule has 0 saturated heterocycles. The van der Waals surface area contributed by atoms with E-state index in [0.29, 0.717) is 4.88 Å². The third-order valence-electron chi connectivity index (χ3n) is 2.19. The zero-order valence-electron chi connectivity index (χ0n) is 10.5. The lowest BCUT2D eigenvalue weighted by Crippen LogP contribution is -2.27. The molecule has 0 bridgehead atoms. The van der Waals surface area contributed by atoms with Gasteiger partial charge in [0.1, 0.15) is 4.21 Å². The Hall–Kier alpha value is -1.01. The van der Waals surface area contributed by atoms with Crippen LogP contribution < -0.4 is 9.86 Å². The van der Waals surface area contributed by atoms with Crippen molar-refractivity contribution in [2.24, 2.45) is 5.14 Å². The van der Waals surface area contributed by atoms with Crippen molar-refractivity contribution in [1.29, 1.82) is 0 Å². The summed E-state index contributed by atoms with van der Waals surface area (Å²) in [5.74, 6) is -1.02. The molecule has 0 aromatic carbocycles. The van der Waals surface area contributed by atoms with Gasteiger partial charge in [0.25, 0.3) is 0 Å². The molecule has 0 saturated carbocycles. The minimum absolute atomic E-state index is 0.0405. The molecular formula is C9H14N2O6S3. The van der Waals surface area contributed by atoms with E-state index in [1.54, 1.807) is 0 Å². The van der Waals surface area contributed by atoms with Gasteiger partial charge in [0.15, 0.2) is 0 Å². The molecule has 3 N–H and O–H groups in total. The number of hydrogen-bond acceptors (Lipinski definition) is 7. The molecule has 0 spiro atoms. The molecule has 0 atom stereocenters. The van der Waals surface area contributed by atoms with E-state index in [-0.39, 0.29) is 17.2 Å². The van der Waals surface area contributed by atoms with Gasteiger partial charge in [-0.3, -0.25) is 4.79 Å². The summed E-state index contributed by atoms with van der Waals surface area (Å²) in [6.45, 7) is -0.0658. The van der Waals surface area contributed by atoms with E-state index in [0.717, 1.165) is 11.3 Å². The Bertz CT molecular complexity index is 676. The lowest BCUT2D eigenvalue weighted by Gasteiger charge is -2.04. The Kier molecular flexibility index (Phi) is 5.65. The number of sulfonamides is 2.